The van der Waals surface area contributed by atoms with Gasteiger partial charge in [0, 0.05) is 19.8 Å². The Bertz CT molecular complexity index is 910. The Morgan fingerprint density at radius 3 is 1.88 bits per heavy atom. The predicted octanol–water partition coefficient (Wildman–Crippen LogP) is 8.75. The minimum atomic E-state index is 0.209. The summed E-state index contributed by atoms with van der Waals surface area (Å²) in [6.07, 6.45) is 30.5. The maximum absolute atomic E-state index is 7.01. The standard InChI is InChI=1S/C44H86N4O3/c1-4-5-6-7-8-9-10-11-12-14-27-48-28-15-13-19-35-20-21-38-42-39(34-41(44(35,38)3)51-31-18-26-47)43(2)23-22-37(49-29-16-24-45)32-36(43)33-40(42)50-30-17-25-46/h35-42,48H,4-34,45-47H2,1-3H3/t35-,36?,37+,38-,39-,40+,41-,42?,43-,44+/m0/s1. The molecule has 4 fully saturated rings. The summed E-state index contributed by atoms with van der Waals surface area (Å²) in [6.45, 7) is 14.4. The Labute approximate surface area is 315 Å². The lowest BCUT2D eigenvalue weighted by Gasteiger charge is -2.64. The molecule has 4 aliphatic carbocycles. The molecule has 7 nitrogen and oxygen atoms in total. The van der Waals surface area contributed by atoms with E-state index in [2.05, 4.69) is 26.1 Å². The van der Waals surface area contributed by atoms with Crippen molar-refractivity contribution in [2.45, 2.75) is 187 Å². The third kappa shape index (κ3) is 12.1. The summed E-state index contributed by atoms with van der Waals surface area (Å²) < 4.78 is 20.3. The Kier molecular flexibility index (Phi) is 20.1. The lowest BCUT2D eigenvalue weighted by atomic mass is 9.43. The van der Waals surface area contributed by atoms with Crippen molar-refractivity contribution < 1.29 is 14.2 Å². The molecule has 7 N–H and O–H groups in total. The molecule has 51 heavy (non-hydrogen) atoms. The largest absolute Gasteiger partial charge is 0.378 e. The van der Waals surface area contributed by atoms with Crippen LogP contribution in [0.3, 0.4) is 0 Å². The highest BCUT2D eigenvalue weighted by molar-refractivity contribution is 5.14. The van der Waals surface area contributed by atoms with Crippen LogP contribution in [0.15, 0.2) is 0 Å². The molecule has 0 spiro atoms. The van der Waals surface area contributed by atoms with Crippen LogP contribution in [0.25, 0.3) is 0 Å². The molecule has 10 atom stereocenters. The first-order valence-corrected chi connectivity index (χ1v) is 22.6. The number of fused-ring (bicyclic) bond motifs is 5. The maximum atomic E-state index is 7.01. The number of unbranched alkanes of at least 4 members (excludes halogenated alkanes) is 10. The van der Waals surface area contributed by atoms with E-state index in [0.29, 0.717) is 67.0 Å². The van der Waals surface area contributed by atoms with E-state index in [1.165, 1.54) is 135 Å². The third-order valence-corrected chi connectivity index (χ3v) is 14.8. The predicted molar refractivity (Wildman–Crippen MR) is 215 cm³/mol. The fourth-order valence-electron chi connectivity index (χ4n) is 11.7. The smallest absolute Gasteiger partial charge is 0.0637 e. The molecule has 2 unspecified atom stereocenters. The highest BCUT2D eigenvalue weighted by atomic mass is 16.5. The molecule has 0 bridgehead atoms. The van der Waals surface area contributed by atoms with Gasteiger partial charge in [-0.1, -0.05) is 85.0 Å². The van der Waals surface area contributed by atoms with Gasteiger partial charge in [0.15, 0.2) is 0 Å². The zero-order valence-electron chi connectivity index (χ0n) is 34.0. The van der Waals surface area contributed by atoms with Gasteiger partial charge in [-0.05, 0) is 157 Å². The fourth-order valence-corrected chi connectivity index (χ4v) is 11.7. The molecule has 4 aliphatic rings. The van der Waals surface area contributed by atoms with Crippen LogP contribution >= 0.6 is 0 Å². The average molecular weight is 719 g/mol. The van der Waals surface area contributed by atoms with Gasteiger partial charge in [-0.15, -0.1) is 0 Å². The van der Waals surface area contributed by atoms with Gasteiger partial charge in [0.25, 0.3) is 0 Å². The van der Waals surface area contributed by atoms with Gasteiger partial charge in [-0.2, -0.15) is 0 Å². The summed E-state index contributed by atoms with van der Waals surface area (Å²) in [6, 6.07) is 0. The monoisotopic (exact) mass is 719 g/mol. The Morgan fingerprint density at radius 2 is 1.22 bits per heavy atom. The first-order chi connectivity index (χ1) is 24.9. The molecule has 0 aromatic heterocycles. The maximum Gasteiger partial charge on any atom is 0.0637 e. The summed E-state index contributed by atoms with van der Waals surface area (Å²) >= 11 is 0. The summed E-state index contributed by atoms with van der Waals surface area (Å²) in [5.41, 5.74) is 18.3. The number of nitrogens with two attached hydrogens (primary N) is 3. The lowest BCUT2D eigenvalue weighted by Crippen LogP contribution is -2.63. The molecule has 7 heteroatoms. The van der Waals surface area contributed by atoms with Crippen LogP contribution in [-0.2, 0) is 14.2 Å². The zero-order valence-corrected chi connectivity index (χ0v) is 34.0. The van der Waals surface area contributed by atoms with Gasteiger partial charge >= 0.3 is 0 Å². The minimum Gasteiger partial charge on any atom is -0.378 e. The van der Waals surface area contributed by atoms with Crippen molar-refractivity contribution in [3.8, 4) is 0 Å². The van der Waals surface area contributed by atoms with Gasteiger partial charge in [0.05, 0.1) is 18.3 Å². The fraction of sp³-hybridized carbons (Fsp3) is 1.00. The van der Waals surface area contributed by atoms with Crippen LogP contribution in [-0.4, -0.2) is 70.9 Å². The van der Waals surface area contributed by atoms with Gasteiger partial charge in [0.1, 0.15) is 0 Å². The number of hydrogen-bond donors (Lipinski definition) is 4. The molecule has 0 heterocycles. The molecule has 4 rings (SSSR count). The molecular formula is C44H86N4O3. The second-order valence-electron chi connectivity index (χ2n) is 18.0. The molecule has 4 saturated carbocycles. The SMILES string of the molecule is CCCCCCCCCCCCNCCCC[C@H]1CC[C@H]2C3[C@H](OCCCN)CC4C[C@H](OCCCN)CC[C@]4(C)[C@H]3C[C@H](OCCCN)[C@]12C. The molecule has 0 aromatic rings. The topological polar surface area (TPSA) is 118 Å². The Morgan fingerprint density at radius 1 is 0.608 bits per heavy atom. The van der Waals surface area contributed by atoms with E-state index < -0.39 is 0 Å². The Balaban J connectivity index is 1.32. The van der Waals surface area contributed by atoms with E-state index in [9.17, 15) is 0 Å². The van der Waals surface area contributed by atoms with Crippen molar-refractivity contribution >= 4 is 0 Å². The van der Waals surface area contributed by atoms with Gasteiger partial charge in [-0.25, -0.2) is 0 Å². The Hall–Kier alpha value is -0.280. The van der Waals surface area contributed by atoms with Crippen LogP contribution in [0.1, 0.15) is 168 Å². The first-order valence-electron chi connectivity index (χ1n) is 22.6. The summed E-state index contributed by atoms with van der Waals surface area (Å²) in [4.78, 5) is 0. The number of nitrogens with one attached hydrogen (secondary N) is 1. The van der Waals surface area contributed by atoms with E-state index in [1.54, 1.807) is 0 Å². The summed E-state index contributed by atoms with van der Waals surface area (Å²) in [7, 11) is 0. The average Bonchev–Trinajstić information content (AvgIpc) is 3.47. The zero-order chi connectivity index (χ0) is 36.4. The van der Waals surface area contributed by atoms with Crippen LogP contribution in [0.5, 0.6) is 0 Å². The van der Waals surface area contributed by atoms with Crippen LogP contribution < -0.4 is 22.5 Å². The van der Waals surface area contributed by atoms with E-state index in [1.807, 2.05) is 0 Å². The molecule has 0 aliphatic heterocycles. The van der Waals surface area contributed by atoms with Crippen molar-refractivity contribution in [3.05, 3.63) is 0 Å². The second-order valence-corrected chi connectivity index (χ2v) is 18.0. The number of rotatable bonds is 28. The van der Waals surface area contributed by atoms with Gasteiger partial charge < -0.3 is 36.7 Å². The van der Waals surface area contributed by atoms with Gasteiger partial charge in [0.2, 0.25) is 0 Å². The van der Waals surface area contributed by atoms with E-state index in [0.717, 1.165) is 51.4 Å². The number of hydrogen-bond acceptors (Lipinski definition) is 7. The lowest BCUT2D eigenvalue weighted by molar-refractivity contribution is -0.225. The van der Waals surface area contributed by atoms with Crippen LogP contribution in [0.4, 0.5) is 0 Å². The van der Waals surface area contributed by atoms with E-state index >= 15 is 0 Å². The van der Waals surface area contributed by atoms with Crippen LogP contribution in [0.2, 0.25) is 0 Å². The molecule has 300 valence electrons. The highest BCUT2D eigenvalue weighted by Gasteiger charge is 2.66. The quantitative estimate of drug-likeness (QED) is 0.0598. The first kappa shape index (κ1) is 43.4. The second kappa shape index (κ2) is 23.6. The third-order valence-electron chi connectivity index (χ3n) is 14.8. The molecule has 0 aromatic carbocycles. The number of ether oxygens (including phenoxy) is 3. The normalized spacial score (nSPS) is 34.7. The van der Waals surface area contributed by atoms with Crippen molar-refractivity contribution in [1.29, 1.82) is 0 Å². The van der Waals surface area contributed by atoms with Crippen molar-refractivity contribution in [2.75, 3.05) is 52.5 Å². The molecule has 0 saturated heterocycles. The van der Waals surface area contributed by atoms with E-state index in [4.69, 9.17) is 31.4 Å². The van der Waals surface area contributed by atoms with E-state index in [-0.39, 0.29) is 5.41 Å². The van der Waals surface area contributed by atoms with Crippen molar-refractivity contribution in [2.24, 2.45) is 57.6 Å². The summed E-state index contributed by atoms with van der Waals surface area (Å²) in [5, 5.41) is 3.78. The minimum absolute atomic E-state index is 0.209. The highest BCUT2D eigenvalue weighted by Crippen LogP contribution is 2.69. The molecule has 0 radical (unpaired) electrons. The molecule has 0 amide bonds. The van der Waals surface area contributed by atoms with Crippen molar-refractivity contribution in [1.82, 2.24) is 5.32 Å². The van der Waals surface area contributed by atoms with Crippen molar-refractivity contribution in [3.63, 3.8) is 0 Å². The molecular weight excluding hydrogens is 633 g/mol. The van der Waals surface area contributed by atoms with Gasteiger partial charge in [-0.3, -0.25) is 0 Å². The summed E-state index contributed by atoms with van der Waals surface area (Å²) in [5.74, 6) is 3.29. The van der Waals surface area contributed by atoms with Crippen LogP contribution in [0, 0.1) is 40.4 Å².